The molecule has 1 N–H and O–H groups in total. The van der Waals surface area contributed by atoms with Crippen molar-refractivity contribution >= 4 is 13.5 Å². The Bertz CT molecular complexity index is 407. The fraction of sp³-hybridized carbons (Fsp3) is 0.950. The average Bonchev–Trinajstić information content (AvgIpc) is 2.52. The smallest absolute Gasteiger partial charge is 0.327 e. The predicted molar refractivity (Wildman–Crippen MR) is 110 cm³/mol. The van der Waals surface area contributed by atoms with Crippen molar-refractivity contribution in [1.29, 1.82) is 0 Å². The predicted octanol–water partition coefficient (Wildman–Crippen LogP) is 5.93. The van der Waals surface area contributed by atoms with Crippen LogP contribution in [0.1, 0.15) is 91.9 Å². The van der Waals surface area contributed by atoms with Crippen LogP contribution in [0.25, 0.3) is 0 Å². The number of unbranched alkanes of at least 4 members (excludes halogenated alkanes) is 7. The quantitative estimate of drug-likeness (QED) is 0.262. The van der Waals surface area contributed by atoms with Crippen molar-refractivity contribution in [1.82, 2.24) is 5.32 Å². The Morgan fingerprint density at radius 2 is 1.46 bits per heavy atom. The van der Waals surface area contributed by atoms with E-state index < -0.39 is 7.60 Å². The Morgan fingerprint density at radius 1 is 0.923 bits per heavy atom. The summed E-state index contributed by atoms with van der Waals surface area (Å²) in [7, 11) is -3.03. The number of rotatable bonds is 16. The maximum Gasteiger partial charge on any atom is 0.327 e. The first-order chi connectivity index (χ1) is 12.2. The van der Waals surface area contributed by atoms with E-state index in [9.17, 15) is 9.36 Å². The zero-order valence-electron chi connectivity index (χ0n) is 17.8. The fourth-order valence-corrected chi connectivity index (χ4v) is 3.39. The zero-order valence-corrected chi connectivity index (χ0v) is 18.7. The number of carbonyl (C=O) groups excluding carboxylic acids is 1. The molecule has 0 aliphatic rings. The molecule has 0 rings (SSSR count). The Hall–Kier alpha value is -0.380. The average molecular weight is 392 g/mol. The first-order valence-corrected chi connectivity index (χ1v) is 12.3. The summed E-state index contributed by atoms with van der Waals surface area (Å²) in [5.41, 5.74) is 0.142. The van der Waals surface area contributed by atoms with Crippen molar-refractivity contribution in [3.8, 4) is 0 Å². The number of carbonyl (C=O) groups is 1. The van der Waals surface area contributed by atoms with Crippen LogP contribution in [0.4, 0.5) is 0 Å². The summed E-state index contributed by atoms with van der Waals surface area (Å²) in [6.07, 6.45) is 11.2. The van der Waals surface area contributed by atoms with Crippen molar-refractivity contribution in [3.05, 3.63) is 0 Å². The number of hydrogen-bond donors (Lipinski definition) is 1. The first kappa shape index (κ1) is 25.6. The molecule has 0 heterocycles. The number of hydrogen-bond acceptors (Lipinski definition) is 4. The van der Waals surface area contributed by atoms with E-state index in [-0.39, 0.29) is 17.9 Å². The molecule has 6 heteroatoms. The van der Waals surface area contributed by atoms with E-state index in [0.29, 0.717) is 19.6 Å². The van der Waals surface area contributed by atoms with Gasteiger partial charge in [0.1, 0.15) is 0 Å². The molecular weight excluding hydrogens is 349 g/mol. The van der Waals surface area contributed by atoms with Crippen LogP contribution in [-0.2, 0) is 18.4 Å². The zero-order chi connectivity index (χ0) is 19.9. The molecule has 0 radical (unpaired) electrons. The van der Waals surface area contributed by atoms with Gasteiger partial charge in [-0.05, 0) is 18.3 Å². The Morgan fingerprint density at radius 3 is 2.04 bits per heavy atom. The summed E-state index contributed by atoms with van der Waals surface area (Å²) in [5, 5.41) is 2.81. The number of nitrogens with one attached hydrogen (secondary N) is 1. The van der Waals surface area contributed by atoms with E-state index >= 15 is 0 Å². The first-order valence-electron chi connectivity index (χ1n) is 10.3. The van der Waals surface area contributed by atoms with Gasteiger partial charge in [-0.15, -0.1) is 0 Å². The second kappa shape index (κ2) is 14.6. The molecule has 5 nitrogen and oxygen atoms in total. The minimum atomic E-state index is -3.03. The Labute approximate surface area is 161 Å². The fourth-order valence-electron chi connectivity index (χ4n) is 2.46. The highest BCUT2D eigenvalue weighted by Crippen LogP contribution is 2.44. The van der Waals surface area contributed by atoms with Gasteiger partial charge in [-0.25, -0.2) is 0 Å². The highest BCUT2D eigenvalue weighted by Gasteiger charge is 2.19. The van der Waals surface area contributed by atoms with Gasteiger partial charge in [0.25, 0.3) is 0 Å². The van der Waals surface area contributed by atoms with Crippen molar-refractivity contribution < 1.29 is 18.4 Å². The molecule has 1 unspecified atom stereocenters. The van der Waals surface area contributed by atoms with Crippen LogP contribution in [0.2, 0.25) is 0 Å². The second-order valence-corrected chi connectivity index (χ2v) is 10.4. The highest BCUT2D eigenvalue weighted by molar-refractivity contribution is 7.52. The SMILES string of the molecule is CCCCCCCCCCC(=O)NCCOP(C)(=O)OCCC(C)(C)C. The van der Waals surface area contributed by atoms with E-state index in [1.165, 1.54) is 45.2 Å². The van der Waals surface area contributed by atoms with Gasteiger partial charge in [-0.3, -0.25) is 9.36 Å². The lowest BCUT2D eigenvalue weighted by molar-refractivity contribution is -0.121. The summed E-state index contributed by atoms with van der Waals surface area (Å²) in [5.74, 6) is 0.0409. The van der Waals surface area contributed by atoms with Crippen LogP contribution < -0.4 is 5.32 Å². The molecule has 1 amide bonds. The van der Waals surface area contributed by atoms with Crippen LogP contribution in [0.15, 0.2) is 0 Å². The molecule has 0 aliphatic heterocycles. The van der Waals surface area contributed by atoms with Gasteiger partial charge < -0.3 is 14.4 Å². The van der Waals surface area contributed by atoms with E-state index in [1.54, 1.807) is 0 Å². The lowest BCUT2D eigenvalue weighted by Crippen LogP contribution is -2.26. The topological polar surface area (TPSA) is 64.6 Å². The summed E-state index contributed by atoms with van der Waals surface area (Å²) in [6, 6.07) is 0. The van der Waals surface area contributed by atoms with Crippen molar-refractivity contribution in [2.45, 2.75) is 91.9 Å². The molecule has 26 heavy (non-hydrogen) atoms. The minimum Gasteiger partial charge on any atom is -0.354 e. The standard InChI is InChI=1S/C20H42NO4P/c1-6-7-8-9-10-11-12-13-14-19(22)21-16-18-25-26(5,23)24-17-15-20(2,3)4/h6-18H2,1-5H3,(H,21,22). The van der Waals surface area contributed by atoms with Crippen LogP contribution in [0.5, 0.6) is 0 Å². The van der Waals surface area contributed by atoms with E-state index in [4.69, 9.17) is 9.05 Å². The molecule has 0 aliphatic carbocycles. The Kier molecular flexibility index (Phi) is 14.4. The normalized spacial score (nSPS) is 14.2. The summed E-state index contributed by atoms with van der Waals surface area (Å²) in [4.78, 5) is 11.8. The van der Waals surface area contributed by atoms with Gasteiger partial charge in [0.2, 0.25) is 5.91 Å². The van der Waals surface area contributed by atoms with Gasteiger partial charge in [0.15, 0.2) is 0 Å². The molecular formula is C20H42NO4P. The molecule has 0 spiro atoms. The second-order valence-electron chi connectivity index (χ2n) is 8.32. The third-order valence-corrected chi connectivity index (χ3v) is 5.49. The third-order valence-electron chi connectivity index (χ3n) is 4.19. The molecule has 0 aromatic heterocycles. The molecule has 1 atom stereocenters. The molecule has 0 aromatic carbocycles. The lowest BCUT2D eigenvalue weighted by Gasteiger charge is -2.20. The minimum absolute atomic E-state index is 0.0409. The molecule has 0 bridgehead atoms. The maximum absolute atomic E-state index is 12.1. The van der Waals surface area contributed by atoms with E-state index in [1.807, 2.05) is 0 Å². The van der Waals surface area contributed by atoms with E-state index in [2.05, 4.69) is 33.0 Å². The molecule has 0 saturated heterocycles. The Balaban J connectivity index is 3.56. The van der Waals surface area contributed by atoms with Gasteiger partial charge in [-0.1, -0.05) is 72.6 Å². The van der Waals surface area contributed by atoms with Gasteiger partial charge >= 0.3 is 7.60 Å². The van der Waals surface area contributed by atoms with Crippen LogP contribution >= 0.6 is 7.60 Å². The monoisotopic (exact) mass is 391 g/mol. The van der Waals surface area contributed by atoms with Crippen LogP contribution in [-0.4, -0.2) is 32.3 Å². The lowest BCUT2D eigenvalue weighted by atomic mass is 9.93. The molecule has 0 fully saturated rings. The van der Waals surface area contributed by atoms with Crippen LogP contribution in [0.3, 0.4) is 0 Å². The van der Waals surface area contributed by atoms with Crippen LogP contribution in [0, 0.1) is 5.41 Å². The van der Waals surface area contributed by atoms with Crippen molar-refractivity contribution in [3.63, 3.8) is 0 Å². The molecule has 156 valence electrons. The highest BCUT2D eigenvalue weighted by atomic mass is 31.2. The molecule has 0 aromatic rings. The van der Waals surface area contributed by atoms with Crippen molar-refractivity contribution in [2.24, 2.45) is 5.41 Å². The van der Waals surface area contributed by atoms with E-state index in [0.717, 1.165) is 19.3 Å². The maximum atomic E-state index is 12.1. The third kappa shape index (κ3) is 18.4. The van der Waals surface area contributed by atoms with Gasteiger partial charge in [-0.2, -0.15) is 0 Å². The number of amides is 1. The van der Waals surface area contributed by atoms with Crippen molar-refractivity contribution in [2.75, 3.05) is 26.4 Å². The van der Waals surface area contributed by atoms with Gasteiger partial charge in [0, 0.05) is 19.6 Å². The summed E-state index contributed by atoms with van der Waals surface area (Å²) >= 11 is 0. The summed E-state index contributed by atoms with van der Waals surface area (Å²) < 4.78 is 22.8. The van der Waals surface area contributed by atoms with Gasteiger partial charge in [0.05, 0.1) is 13.2 Å². The molecule has 0 saturated carbocycles. The summed E-state index contributed by atoms with van der Waals surface area (Å²) in [6.45, 7) is 11.0. The largest absolute Gasteiger partial charge is 0.354 e.